The predicted octanol–water partition coefficient (Wildman–Crippen LogP) is 2.65. The van der Waals surface area contributed by atoms with E-state index in [4.69, 9.17) is 0 Å². The summed E-state index contributed by atoms with van der Waals surface area (Å²) in [5, 5.41) is 6.19. The van der Waals surface area contributed by atoms with E-state index in [1.54, 1.807) is 24.3 Å². The quantitative estimate of drug-likeness (QED) is 0.408. The number of carbonyl (C=O) groups excluding carboxylic acids is 1. The molecule has 4 rings (SSSR count). The summed E-state index contributed by atoms with van der Waals surface area (Å²) >= 11 is 0. The van der Waals surface area contributed by atoms with Crippen molar-refractivity contribution in [3.8, 4) is 0 Å². The average molecular weight is 480 g/mol. The number of pyridine rings is 1. The zero-order valence-electron chi connectivity index (χ0n) is 18.9. The van der Waals surface area contributed by atoms with Crippen LogP contribution in [-0.2, 0) is 16.4 Å². The molecule has 34 heavy (non-hydrogen) atoms. The molecule has 0 bridgehead atoms. The lowest BCUT2D eigenvalue weighted by Gasteiger charge is -2.30. The molecule has 0 radical (unpaired) electrons. The Bertz CT molecular complexity index is 1200. The fourth-order valence-corrected chi connectivity index (χ4v) is 4.90. The van der Waals surface area contributed by atoms with E-state index in [-0.39, 0.29) is 10.8 Å². The maximum absolute atomic E-state index is 13.0. The fourth-order valence-electron chi connectivity index (χ4n) is 3.83. The van der Waals surface area contributed by atoms with E-state index in [9.17, 15) is 13.2 Å². The van der Waals surface area contributed by atoms with Gasteiger partial charge in [-0.15, -0.1) is 0 Å². The Labute approximate surface area is 200 Å². The third-order valence-corrected chi connectivity index (χ3v) is 7.00. The second-order valence-corrected chi connectivity index (χ2v) is 9.78. The Hall–Kier alpha value is -3.43. The van der Waals surface area contributed by atoms with Gasteiger partial charge in [0.15, 0.2) is 5.82 Å². The molecule has 0 atom stereocenters. The monoisotopic (exact) mass is 479 g/mol. The van der Waals surface area contributed by atoms with Crippen molar-refractivity contribution in [1.29, 1.82) is 0 Å². The van der Waals surface area contributed by atoms with Crippen molar-refractivity contribution in [3.05, 3.63) is 84.1 Å². The van der Waals surface area contributed by atoms with Gasteiger partial charge in [0.2, 0.25) is 0 Å². The minimum Gasteiger partial charge on any atom is -0.352 e. The van der Waals surface area contributed by atoms with Gasteiger partial charge in [-0.1, -0.05) is 48.5 Å². The molecule has 0 aliphatic carbocycles. The highest BCUT2D eigenvalue weighted by Gasteiger charge is 2.22. The number of piperazine rings is 1. The lowest BCUT2D eigenvalue weighted by Crippen LogP contribution is -2.44. The molecule has 178 valence electrons. The molecule has 1 fully saturated rings. The van der Waals surface area contributed by atoms with E-state index in [2.05, 4.69) is 32.5 Å². The third-order valence-electron chi connectivity index (χ3n) is 5.61. The molecule has 1 saturated heterocycles. The van der Waals surface area contributed by atoms with Crippen LogP contribution in [0, 0.1) is 0 Å². The number of rotatable bonds is 9. The Morgan fingerprint density at radius 3 is 2.38 bits per heavy atom. The summed E-state index contributed by atoms with van der Waals surface area (Å²) in [6.07, 6.45) is 3.17. The van der Waals surface area contributed by atoms with E-state index in [1.165, 1.54) is 23.9 Å². The Morgan fingerprint density at radius 2 is 1.68 bits per heavy atom. The fraction of sp³-hybridized carbons (Fsp3) is 0.280. The van der Waals surface area contributed by atoms with E-state index >= 15 is 0 Å². The van der Waals surface area contributed by atoms with Gasteiger partial charge in [0.25, 0.3) is 15.9 Å². The van der Waals surface area contributed by atoms with Crippen molar-refractivity contribution >= 4 is 27.4 Å². The highest BCUT2D eigenvalue weighted by molar-refractivity contribution is 7.92. The van der Waals surface area contributed by atoms with E-state index in [0.717, 1.165) is 25.9 Å². The van der Waals surface area contributed by atoms with Crippen LogP contribution >= 0.6 is 0 Å². The van der Waals surface area contributed by atoms with Gasteiger partial charge < -0.3 is 15.5 Å². The van der Waals surface area contributed by atoms with Crippen LogP contribution in [0.25, 0.3) is 0 Å². The minimum absolute atomic E-state index is 0.150. The number of aromatic nitrogens is 1. The van der Waals surface area contributed by atoms with Gasteiger partial charge in [0, 0.05) is 38.9 Å². The number of hydrogen-bond acceptors (Lipinski definition) is 6. The number of anilines is 2. The Kier molecular flexibility index (Phi) is 7.76. The SMILES string of the molecule is O=C(NCCCc1ccccc1)c1cnc(N2CCNCC2)c(NS(=O)(=O)c2ccccc2)c1. The summed E-state index contributed by atoms with van der Waals surface area (Å²) in [5.74, 6) is 0.231. The molecule has 0 unspecified atom stereocenters. The average Bonchev–Trinajstić information content (AvgIpc) is 2.88. The smallest absolute Gasteiger partial charge is 0.262 e. The molecular weight excluding hydrogens is 450 g/mol. The first kappa shape index (κ1) is 23.7. The maximum Gasteiger partial charge on any atom is 0.262 e. The number of aryl methyl sites for hydroxylation is 1. The highest BCUT2D eigenvalue weighted by Crippen LogP contribution is 2.27. The van der Waals surface area contributed by atoms with Gasteiger partial charge in [-0.25, -0.2) is 13.4 Å². The van der Waals surface area contributed by atoms with Crippen molar-refractivity contribution in [3.63, 3.8) is 0 Å². The first-order valence-electron chi connectivity index (χ1n) is 11.4. The van der Waals surface area contributed by atoms with Gasteiger partial charge in [0.05, 0.1) is 16.1 Å². The maximum atomic E-state index is 13.0. The van der Waals surface area contributed by atoms with Crippen LogP contribution in [0.2, 0.25) is 0 Å². The first-order chi connectivity index (χ1) is 16.5. The van der Waals surface area contributed by atoms with Crippen molar-refractivity contribution in [2.45, 2.75) is 17.7 Å². The van der Waals surface area contributed by atoms with E-state index in [0.29, 0.717) is 36.7 Å². The topological polar surface area (TPSA) is 103 Å². The van der Waals surface area contributed by atoms with E-state index in [1.807, 2.05) is 23.1 Å². The predicted molar refractivity (Wildman–Crippen MR) is 134 cm³/mol. The minimum atomic E-state index is -3.83. The second kappa shape index (κ2) is 11.1. The summed E-state index contributed by atoms with van der Waals surface area (Å²) in [6, 6.07) is 19.8. The van der Waals surface area contributed by atoms with Gasteiger partial charge in [-0.05, 0) is 36.6 Å². The van der Waals surface area contributed by atoms with Crippen LogP contribution < -0.4 is 20.3 Å². The largest absolute Gasteiger partial charge is 0.352 e. The lowest BCUT2D eigenvalue weighted by molar-refractivity contribution is 0.0953. The van der Waals surface area contributed by atoms with Crippen LogP contribution in [0.1, 0.15) is 22.3 Å². The molecule has 1 aliphatic heterocycles. The zero-order chi connectivity index (χ0) is 23.8. The van der Waals surface area contributed by atoms with Crippen LogP contribution in [0.15, 0.2) is 77.8 Å². The van der Waals surface area contributed by atoms with Gasteiger partial charge in [-0.3, -0.25) is 9.52 Å². The Morgan fingerprint density at radius 1 is 1.00 bits per heavy atom. The summed E-state index contributed by atoms with van der Waals surface area (Å²) < 4.78 is 28.6. The molecule has 1 amide bonds. The molecule has 8 nitrogen and oxygen atoms in total. The van der Waals surface area contributed by atoms with Crippen LogP contribution in [0.4, 0.5) is 11.5 Å². The molecule has 2 heterocycles. The second-order valence-electron chi connectivity index (χ2n) is 8.10. The van der Waals surface area contributed by atoms with Gasteiger partial charge in [0.1, 0.15) is 0 Å². The standard InChI is InChI=1S/C25H29N5O3S/c31-25(27-13-7-10-20-8-3-1-4-9-20)21-18-23(24(28-19-21)30-16-14-26-15-17-30)29-34(32,33)22-11-5-2-6-12-22/h1-6,8-9,11-12,18-19,26,29H,7,10,13-17H2,(H,27,31). The first-order valence-corrected chi connectivity index (χ1v) is 12.9. The molecule has 3 aromatic rings. The number of nitrogens with zero attached hydrogens (tertiary/aromatic N) is 2. The summed E-state index contributed by atoms with van der Waals surface area (Å²) in [5.41, 5.74) is 1.82. The molecule has 3 N–H and O–H groups in total. The molecule has 0 saturated carbocycles. The molecular formula is C25H29N5O3S. The van der Waals surface area contributed by atoms with Gasteiger partial charge >= 0.3 is 0 Å². The van der Waals surface area contributed by atoms with Crippen molar-refractivity contribution in [2.75, 3.05) is 42.3 Å². The molecule has 0 spiro atoms. The number of nitrogens with one attached hydrogen (secondary N) is 3. The summed E-state index contributed by atoms with van der Waals surface area (Å²) in [7, 11) is -3.83. The van der Waals surface area contributed by atoms with Crippen molar-refractivity contribution < 1.29 is 13.2 Å². The molecule has 9 heteroatoms. The van der Waals surface area contributed by atoms with Gasteiger partial charge in [-0.2, -0.15) is 0 Å². The van der Waals surface area contributed by atoms with Crippen LogP contribution in [0.3, 0.4) is 0 Å². The Balaban J connectivity index is 1.50. The van der Waals surface area contributed by atoms with Crippen molar-refractivity contribution in [1.82, 2.24) is 15.6 Å². The number of benzene rings is 2. The zero-order valence-corrected chi connectivity index (χ0v) is 19.7. The molecule has 1 aromatic heterocycles. The molecule has 1 aliphatic rings. The number of sulfonamides is 1. The summed E-state index contributed by atoms with van der Waals surface area (Å²) in [4.78, 5) is 19.4. The van der Waals surface area contributed by atoms with Crippen molar-refractivity contribution in [2.24, 2.45) is 0 Å². The third kappa shape index (κ3) is 6.12. The highest BCUT2D eigenvalue weighted by atomic mass is 32.2. The number of amides is 1. The normalized spacial score (nSPS) is 13.9. The van der Waals surface area contributed by atoms with Crippen LogP contribution in [-0.4, -0.2) is 52.0 Å². The number of carbonyl (C=O) groups is 1. The van der Waals surface area contributed by atoms with E-state index < -0.39 is 10.0 Å². The lowest BCUT2D eigenvalue weighted by atomic mass is 10.1. The number of hydrogen-bond donors (Lipinski definition) is 3. The molecule has 2 aromatic carbocycles. The van der Waals surface area contributed by atoms with Crippen LogP contribution in [0.5, 0.6) is 0 Å². The summed E-state index contributed by atoms with van der Waals surface area (Å²) in [6.45, 7) is 3.45.